The zero-order valence-electron chi connectivity index (χ0n) is 17.2. The molecule has 1 amide bonds. The summed E-state index contributed by atoms with van der Waals surface area (Å²) in [5.74, 6) is 1.31. The summed E-state index contributed by atoms with van der Waals surface area (Å²) in [5, 5.41) is 2.03. The molecule has 5 nitrogen and oxygen atoms in total. The largest absolute Gasteiger partial charge is 0.493 e. The van der Waals surface area contributed by atoms with E-state index in [0.717, 1.165) is 10.4 Å². The molecule has 1 heterocycles. The van der Waals surface area contributed by atoms with Crippen LogP contribution >= 0.6 is 23.7 Å². The van der Waals surface area contributed by atoms with Gasteiger partial charge in [0.1, 0.15) is 6.61 Å². The maximum Gasteiger partial charge on any atom is 0.240 e. The molecule has 0 fully saturated rings. The molecule has 156 valence electrons. The van der Waals surface area contributed by atoms with Crippen LogP contribution in [0, 0.1) is 5.41 Å². The topological polar surface area (TPSA) is 64.8 Å². The third-order valence-corrected chi connectivity index (χ3v) is 5.29. The summed E-state index contributed by atoms with van der Waals surface area (Å²) in [4.78, 5) is 15.7. The summed E-state index contributed by atoms with van der Waals surface area (Å²) < 4.78 is 11.4. The minimum absolute atomic E-state index is 0. The van der Waals surface area contributed by atoms with Gasteiger partial charge in [0.15, 0.2) is 11.5 Å². The zero-order valence-corrected chi connectivity index (χ0v) is 18.9. The lowest BCUT2D eigenvalue weighted by Crippen LogP contribution is -2.50. The van der Waals surface area contributed by atoms with Gasteiger partial charge in [0, 0.05) is 18.0 Å². The molecule has 2 aromatic rings. The predicted octanol–water partition coefficient (Wildman–Crippen LogP) is 4.48. The molecule has 1 aromatic carbocycles. The minimum Gasteiger partial charge on any atom is -0.493 e. The van der Waals surface area contributed by atoms with Crippen LogP contribution in [-0.2, 0) is 17.9 Å². The smallest absolute Gasteiger partial charge is 0.240 e. The molecule has 0 radical (unpaired) electrons. The third kappa shape index (κ3) is 6.40. The maximum atomic E-state index is 12.7. The first kappa shape index (κ1) is 24.3. The quantitative estimate of drug-likeness (QED) is 0.675. The van der Waals surface area contributed by atoms with Crippen LogP contribution in [0.25, 0.3) is 0 Å². The molecule has 0 saturated heterocycles. The Morgan fingerprint density at radius 3 is 2.50 bits per heavy atom. The number of halogens is 1. The van der Waals surface area contributed by atoms with Gasteiger partial charge in [-0.15, -0.1) is 23.7 Å². The molecule has 2 rings (SSSR count). The molecule has 0 aliphatic rings. The van der Waals surface area contributed by atoms with Crippen molar-refractivity contribution in [2.24, 2.45) is 11.1 Å². The van der Waals surface area contributed by atoms with Crippen molar-refractivity contribution in [1.82, 2.24) is 4.90 Å². The van der Waals surface area contributed by atoms with Crippen molar-refractivity contribution in [3.05, 3.63) is 46.2 Å². The first-order chi connectivity index (χ1) is 12.8. The molecular formula is C21H31ClN2O3S. The molecule has 0 unspecified atom stereocenters. The van der Waals surface area contributed by atoms with Crippen LogP contribution in [0.2, 0.25) is 0 Å². The van der Waals surface area contributed by atoms with Gasteiger partial charge in [-0.25, -0.2) is 0 Å². The van der Waals surface area contributed by atoms with Gasteiger partial charge >= 0.3 is 0 Å². The molecule has 0 aliphatic carbocycles. The predicted molar refractivity (Wildman–Crippen MR) is 117 cm³/mol. The number of rotatable bonds is 8. The lowest BCUT2D eigenvalue weighted by atomic mass is 9.86. The summed E-state index contributed by atoms with van der Waals surface area (Å²) in [5.41, 5.74) is 6.86. The number of carbonyl (C=O) groups is 1. The van der Waals surface area contributed by atoms with Crippen LogP contribution in [0.15, 0.2) is 35.7 Å². The number of nitrogens with zero attached hydrogens (tertiary/aromatic N) is 1. The van der Waals surface area contributed by atoms with Crippen LogP contribution in [0.1, 0.15) is 38.1 Å². The number of ether oxygens (including phenoxy) is 2. The van der Waals surface area contributed by atoms with Crippen molar-refractivity contribution >= 4 is 29.7 Å². The lowest BCUT2D eigenvalue weighted by molar-refractivity contribution is -0.135. The summed E-state index contributed by atoms with van der Waals surface area (Å²) in [6.45, 7) is 9.49. The van der Waals surface area contributed by atoms with E-state index in [9.17, 15) is 4.79 Å². The SMILES string of the molecule is CCN(Cc1ccc(OCc2cccs2)c(OC)c1)C(=O)[C@@H](N)C(C)(C)C.Cl. The van der Waals surface area contributed by atoms with Crippen molar-refractivity contribution in [2.45, 2.75) is 46.9 Å². The molecule has 1 aromatic heterocycles. The van der Waals surface area contributed by atoms with Crippen molar-refractivity contribution in [1.29, 1.82) is 0 Å². The number of carbonyl (C=O) groups excluding carboxylic acids is 1. The first-order valence-electron chi connectivity index (χ1n) is 9.12. The Balaban J connectivity index is 0.00000392. The number of amides is 1. The fraction of sp³-hybridized carbons (Fsp3) is 0.476. The van der Waals surface area contributed by atoms with Crippen LogP contribution in [0.3, 0.4) is 0 Å². The van der Waals surface area contributed by atoms with Gasteiger partial charge in [-0.05, 0) is 41.5 Å². The van der Waals surface area contributed by atoms with Gasteiger partial charge in [0.2, 0.25) is 5.91 Å². The molecule has 0 saturated carbocycles. The summed E-state index contributed by atoms with van der Waals surface area (Å²) in [6, 6.07) is 9.28. The van der Waals surface area contributed by atoms with Gasteiger partial charge in [0.05, 0.1) is 13.2 Å². The van der Waals surface area contributed by atoms with Gasteiger partial charge < -0.3 is 20.1 Å². The monoisotopic (exact) mass is 426 g/mol. The molecule has 1 atom stereocenters. The second kappa shape index (κ2) is 10.7. The number of likely N-dealkylation sites (N-methyl/N-ethyl adjacent to an activating group) is 1. The Kier molecular flexibility index (Phi) is 9.27. The highest BCUT2D eigenvalue weighted by Gasteiger charge is 2.30. The van der Waals surface area contributed by atoms with Gasteiger partial charge in [-0.2, -0.15) is 0 Å². The average Bonchev–Trinajstić information content (AvgIpc) is 3.16. The van der Waals surface area contributed by atoms with Crippen LogP contribution in [0.4, 0.5) is 0 Å². The van der Waals surface area contributed by atoms with Crippen molar-refractivity contribution in [3.8, 4) is 11.5 Å². The average molecular weight is 427 g/mol. The van der Waals surface area contributed by atoms with E-state index in [1.165, 1.54) is 0 Å². The highest BCUT2D eigenvalue weighted by atomic mass is 35.5. The second-order valence-electron chi connectivity index (χ2n) is 7.55. The van der Waals surface area contributed by atoms with E-state index >= 15 is 0 Å². The lowest BCUT2D eigenvalue weighted by Gasteiger charge is -2.31. The van der Waals surface area contributed by atoms with E-state index in [1.807, 2.05) is 63.4 Å². The molecule has 0 spiro atoms. The van der Waals surface area contributed by atoms with Gasteiger partial charge in [-0.3, -0.25) is 4.79 Å². The Morgan fingerprint density at radius 1 is 1.25 bits per heavy atom. The van der Waals surface area contributed by atoms with E-state index in [0.29, 0.717) is 31.2 Å². The fourth-order valence-corrected chi connectivity index (χ4v) is 3.22. The van der Waals surface area contributed by atoms with E-state index < -0.39 is 6.04 Å². The van der Waals surface area contributed by atoms with E-state index in [4.69, 9.17) is 15.2 Å². The van der Waals surface area contributed by atoms with E-state index in [2.05, 4.69) is 0 Å². The number of methoxy groups -OCH3 is 1. The number of thiophene rings is 1. The molecular weight excluding hydrogens is 396 g/mol. The number of hydrogen-bond acceptors (Lipinski definition) is 5. The third-order valence-electron chi connectivity index (χ3n) is 4.44. The fourth-order valence-electron chi connectivity index (χ4n) is 2.61. The number of benzene rings is 1. The summed E-state index contributed by atoms with van der Waals surface area (Å²) in [7, 11) is 1.62. The van der Waals surface area contributed by atoms with Crippen molar-refractivity contribution < 1.29 is 14.3 Å². The Bertz CT molecular complexity index is 745. The van der Waals surface area contributed by atoms with Crippen molar-refractivity contribution in [2.75, 3.05) is 13.7 Å². The number of hydrogen-bond donors (Lipinski definition) is 1. The molecule has 2 N–H and O–H groups in total. The Hall–Kier alpha value is -1.76. The van der Waals surface area contributed by atoms with Gasteiger partial charge in [0.25, 0.3) is 0 Å². The highest BCUT2D eigenvalue weighted by molar-refractivity contribution is 7.09. The van der Waals surface area contributed by atoms with Crippen LogP contribution < -0.4 is 15.2 Å². The maximum absolute atomic E-state index is 12.7. The van der Waals surface area contributed by atoms with Crippen molar-refractivity contribution in [3.63, 3.8) is 0 Å². The molecule has 0 bridgehead atoms. The Labute approximate surface area is 178 Å². The normalized spacial score (nSPS) is 12.1. The Morgan fingerprint density at radius 2 is 1.96 bits per heavy atom. The molecule has 0 aliphatic heterocycles. The first-order valence-corrected chi connectivity index (χ1v) is 10.0. The van der Waals surface area contributed by atoms with Gasteiger partial charge in [-0.1, -0.05) is 32.9 Å². The van der Waals surface area contributed by atoms with Crippen LogP contribution in [0.5, 0.6) is 11.5 Å². The summed E-state index contributed by atoms with van der Waals surface area (Å²) >= 11 is 1.66. The summed E-state index contributed by atoms with van der Waals surface area (Å²) in [6.07, 6.45) is 0. The zero-order chi connectivity index (χ0) is 20.0. The van der Waals surface area contributed by atoms with E-state index in [1.54, 1.807) is 23.3 Å². The molecule has 28 heavy (non-hydrogen) atoms. The second-order valence-corrected chi connectivity index (χ2v) is 8.58. The van der Waals surface area contributed by atoms with Crippen LogP contribution in [-0.4, -0.2) is 30.5 Å². The minimum atomic E-state index is -0.534. The highest BCUT2D eigenvalue weighted by Crippen LogP contribution is 2.30. The standard InChI is InChI=1S/C21H30N2O3S.ClH/c1-6-23(20(24)19(22)21(2,3)4)13-15-9-10-17(18(12-15)25-5)26-14-16-8-7-11-27-16;/h7-12,19H,6,13-14,22H2,1-5H3;1H/t19-;/m1./s1. The molecule has 7 heteroatoms. The number of nitrogens with two attached hydrogens (primary N) is 1. The van der Waals surface area contributed by atoms with E-state index in [-0.39, 0.29) is 23.7 Å².